The molecule has 98 valence electrons. The van der Waals surface area contributed by atoms with Gasteiger partial charge in [0.2, 0.25) is 0 Å². The van der Waals surface area contributed by atoms with Crippen LogP contribution in [0.5, 0.6) is 0 Å². The van der Waals surface area contributed by atoms with Crippen LogP contribution in [0, 0.1) is 0 Å². The lowest BCUT2D eigenvalue weighted by Crippen LogP contribution is -2.25. The van der Waals surface area contributed by atoms with Crippen molar-refractivity contribution < 1.29 is 5.21 Å². The molecule has 1 aromatic carbocycles. The van der Waals surface area contributed by atoms with Gasteiger partial charge in [0.1, 0.15) is 0 Å². The SMILES string of the molecule is CSC1(CNCc2ccc(/C(N)=N/O)cc2)CC1. The van der Waals surface area contributed by atoms with Crippen LogP contribution in [-0.4, -0.2) is 28.6 Å². The summed E-state index contributed by atoms with van der Waals surface area (Å²) in [4.78, 5) is 0. The molecule has 0 bridgehead atoms. The molecule has 0 heterocycles. The summed E-state index contributed by atoms with van der Waals surface area (Å²) in [5.41, 5.74) is 7.46. The standard InChI is InChI=1S/C13H19N3OS/c1-18-13(6-7-13)9-15-8-10-2-4-11(5-3-10)12(14)16-17/h2-5,15,17H,6-9H2,1H3,(H2,14,16). The summed E-state index contributed by atoms with van der Waals surface area (Å²) in [6.07, 6.45) is 4.83. The Hall–Kier alpha value is -1.20. The first-order valence-electron chi connectivity index (χ1n) is 6.02. The van der Waals surface area contributed by atoms with Gasteiger partial charge in [-0.15, -0.1) is 0 Å². The number of nitrogens with zero attached hydrogens (tertiary/aromatic N) is 1. The van der Waals surface area contributed by atoms with E-state index in [4.69, 9.17) is 10.9 Å². The molecule has 0 radical (unpaired) electrons. The van der Waals surface area contributed by atoms with Crippen molar-refractivity contribution in [3.63, 3.8) is 0 Å². The van der Waals surface area contributed by atoms with Crippen molar-refractivity contribution in [2.45, 2.75) is 24.1 Å². The average molecular weight is 265 g/mol. The maximum atomic E-state index is 8.57. The summed E-state index contributed by atoms with van der Waals surface area (Å²) in [5, 5.41) is 15.0. The van der Waals surface area contributed by atoms with Crippen molar-refractivity contribution >= 4 is 17.6 Å². The highest BCUT2D eigenvalue weighted by Gasteiger charge is 2.41. The maximum absolute atomic E-state index is 8.57. The van der Waals surface area contributed by atoms with Crippen molar-refractivity contribution in [1.82, 2.24) is 5.32 Å². The van der Waals surface area contributed by atoms with E-state index in [1.54, 1.807) is 0 Å². The summed E-state index contributed by atoms with van der Waals surface area (Å²) in [7, 11) is 0. The second-order valence-corrected chi connectivity index (χ2v) is 5.95. The highest BCUT2D eigenvalue weighted by Crippen LogP contribution is 2.46. The first-order chi connectivity index (χ1) is 8.69. The Balaban J connectivity index is 1.83. The van der Waals surface area contributed by atoms with E-state index in [0.29, 0.717) is 4.75 Å². The lowest BCUT2D eigenvalue weighted by atomic mass is 10.1. The zero-order valence-electron chi connectivity index (χ0n) is 10.5. The molecule has 1 aliphatic carbocycles. The predicted octanol–water partition coefficient (Wildman–Crippen LogP) is 1.77. The fraction of sp³-hybridized carbons (Fsp3) is 0.462. The van der Waals surface area contributed by atoms with Crippen molar-refractivity contribution in [3.05, 3.63) is 35.4 Å². The molecular weight excluding hydrogens is 246 g/mol. The number of amidine groups is 1. The van der Waals surface area contributed by atoms with E-state index in [9.17, 15) is 0 Å². The third-order valence-electron chi connectivity index (χ3n) is 3.37. The highest BCUT2D eigenvalue weighted by atomic mass is 32.2. The Morgan fingerprint density at radius 1 is 1.44 bits per heavy atom. The Kier molecular flexibility index (Phi) is 4.14. The summed E-state index contributed by atoms with van der Waals surface area (Å²) in [6.45, 7) is 1.93. The number of oxime groups is 1. The minimum Gasteiger partial charge on any atom is -0.409 e. The predicted molar refractivity (Wildman–Crippen MR) is 76.1 cm³/mol. The van der Waals surface area contributed by atoms with Gasteiger partial charge in [-0.25, -0.2) is 0 Å². The van der Waals surface area contributed by atoms with E-state index in [1.807, 2.05) is 36.0 Å². The molecule has 5 heteroatoms. The van der Waals surface area contributed by atoms with Gasteiger partial charge in [0, 0.05) is 23.4 Å². The minimum atomic E-state index is 0.147. The molecule has 1 fully saturated rings. The monoisotopic (exact) mass is 265 g/mol. The van der Waals surface area contributed by atoms with Crippen LogP contribution in [-0.2, 0) is 6.54 Å². The number of hydrogen-bond donors (Lipinski definition) is 3. The fourth-order valence-electron chi connectivity index (χ4n) is 1.88. The van der Waals surface area contributed by atoms with Crippen LogP contribution in [0.2, 0.25) is 0 Å². The largest absolute Gasteiger partial charge is 0.409 e. The molecule has 2 rings (SSSR count). The molecule has 18 heavy (non-hydrogen) atoms. The van der Waals surface area contributed by atoms with Crippen molar-refractivity contribution in [2.75, 3.05) is 12.8 Å². The quantitative estimate of drug-likeness (QED) is 0.317. The van der Waals surface area contributed by atoms with Gasteiger partial charge >= 0.3 is 0 Å². The number of nitrogens with two attached hydrogens (primary N) is 1. The second-order valence-electron chi connectivity index (χ2n) is 4.67. The van der Waals surface area contributed by atoms with Crippen molar-refractivity contribution in [2.24, 2.45) is 10.9 Å². The first-order valence-corrected chi connectivity index (χ1v) is 7.24. The molecule has 4 N–H and O–H groups in total. The van der Waals surface area contributed by atoms with Crippen LogP contribution in [0.15, 0.2) is 29.4 Å². The summed E-state index contributed by atoms with van der Waals surface area (Å²) >= 11 is 1.96. The lowest BCUT2D eigenvalue weighted by Gasteiger charge is -2.13. The molecule has 1 aliphatic rings. The Labute approximate surface area is 112 Å². The van der Waals surface area contributed by atoms with Crippen LogP contribution in [0.3, 0.4) is 0 Å². The summed E-state index contributed by atoms with van der Waals surface area (Å²) < 4.78 is 0.494. The Morgan fingerprint density at radius 2 is 2.11 bits per heavy atom. The fourth-order valence-corrected chi connectivity index (χ4v) is 2.63. The van der Waals surface area contributed by atoms with Crippen LogP contribution in [0.25, 0.3) is 0 Å². The normalized spacial score (nSPS) is 17.7. The van der Waals surface area contributed by atoms with Gasteiger partial charge in [0.25, 0.3) is 0 Å². The Morgan fingerprint density at radius 3 is 2.61 bits per heavy atom. The highest BCUT2D eigenvalue weighted by molar-refractivity contribution is 8.00. The zero-order valence-corrected chi connectivity index (χ0v) is 11.3. The smallest absolute Gasteiger partial charge is 0.170 e. The van der Waals surface area contributed by atoms with E-state index in [2.05, 4.69) is 16.7 Å². The van der Waals surface area contributed by atoms with E-state index in [1.165, 1.54) is 18.4 Å². The molecule has 0 unspecified atom stereocenters. The van der Waals surface area contributed by atoms with Gasteiger partial charge in [0.15, 0.2) is 5.84 Å². The van der Waals surface area contributed by atoms with Crippen LogP contribution in [0.4, 0.5) is 0 Å². The molecule has 0 aliphatic heterocycles. The van der Waals surface area contributed by atoms with Gasteiger partial charge in [-0.1, -0.05) is 29.4 Å². The molecule has 4 nitrogen and oxygen atoms in total. The number of benzene rings is 1. The van der Waals surface area contributed by atoms with Crippen molar-refractivity contribution in [3.8, 4) is 0 Å². The Bertz CT molecular complexity index is 426. The minimum absolute atomic E-state index is 0.147. The van der Waals surface area contributed by atoms with Gasteiger partial charge in [-0.05, 0) is 24.7 Å². The number of thioether (sulfide) groups is 1. The number of nitrogens with one attached hydrogen (secondary N) is 1. The first kappa shape index (κ1) is 13.2. The molecule has 0 atom stereocenters. The molecule has 0 amide bonds. The van der Waals surface area contributed by atoms with E-state index >= 15 is 0 Å². The molecule has 0 saturated heterocycles. The van der Waals surface area contributed by atoms with Gasteiger partial charge in [-0.2, -0.15) is 11.8 Å². The van der Waals surface area contributed by atoms with Gasteiger partial charge in [-0.3, -0.25) is 0 Å². The van der Waals surface area contributed by atoms with Gasteiger partial charge in [0.05, 0.1) is 0 Å². The third kappa shape index (κ3) is 3.17. The zero-order chi connectivity index (χ0) is 13.0. The number of hydrogen-bond acceptors (Lipinski definition) is 4. The van der Waals surface area contributed by atoms with Crippen LogP contribution >= 0.6 is 11.8 Å². The maximum Gasteiger partial charge on any atom is 0.170 e. The lowest BCUT2D eigenvalue weighted by molar-refractivity contribution is 0.318. The van der Waals surface area contributed by atoms with Crippen molar-refractivity contribution in [1.29, 1.82) is 0 Å². The van der Waals surface area contributed by atoms with E-state index in [-0.39, 0.29) is 5.84 Å². The van der Waals surface area contributed by atoms with Gasteiger partial charge < -0.3 is 16.3 Å². The van der Waals surface area contributed by atoms with Crippen LogP contribution < -0.4 is 11.1 Å². The van der Waals surface area contributed by atoms with E-state index in [0.717, 1.165) is 18.7 Å². The summed E-state index contributed by atoms with van der Waals surface area (Å²) in [6, 6.07) is 7.74. The topological polar surface area (TPSA) is 70.6 Å². The molecule has 0 spiro atoms. The average Bonchev–Trinajstić information content (AvgIpc) is 3.19. The molecule has 1 saturated carbocycles. The molecule has 0 aromatic heterocycles. The van der Waals surface area contributed by atoms with Crippen LogP contribution in [0.1, 0.15) is 24.0 Å². The summed E-state index contributed by atoms with van der Waals surface area (Å²) in [5.74, 6) is 0.147. The van der Waals surface area contributed by atoms with E-state index < -0.39 is 0 Å². The third-order valence-corrected chi connectivity index (χ3v) is 4.79. The molecular formula is C13H19N3OS. The molecule has 1 aromatic rings. The second kappa shape index (κ2) is 5.63. The number of rotatable bonds is 6.